The molecule has 0 N–H and O–H groups in total. The summed E-state index contributed by atoms with van der Waals surface area (Å²) in [5, 5.41) is 4.03. The molecule has 1 rings (SSSR count). The highest BCUT2D eigenvalue weighted by Gasteiger charge is 2.09. The Morgan fingerprint density at radius 2 is 2.17 bits per heavy atom. The van der Waals surface area contributed by atoms with Crippen molar-refractivity contribution < 1.29 is 14.3 Å². The van der Waals surface area contributed by atoms with Crippen LogP contribution in [0.4, 0.5) is 0 Å². The summed E-state index contributed by atoms with van der Waals surface area (Å²) >= 11 is 0. The number of carbonyl (C=O) groups is 2. The average Bonchev–Trinajstić information content (AvgIpc) is 2.88. The first-order valence-corrected chi connectivity index (χ1v) is 5.91. The summed E-state index contributed by atoms with van der Waals surface area (Å²) in [7, 11) is 3.10. The topological polar surface area (TPSA) is 64.4 Å². The number of rotatable bonds is 7. The van der Waals surface area contributed by atoms with Gasteiger partial charge in [0.1, 0.15) is 0 Å². The Hall–Kier alpha value is -1.85. The van der Waals surface area contributed by atoms with Crippen LogP contribution < -0.4 is 0 Å². The molecule has 6 heteroatoms. The van der Waals surface area contributed by atoms with Crippen molar-refractivity contribution in [1.82, 2.24) is 14.7 Å². The van der Waals surface area contributed by atoms with Crippen LogP contribution in [-0.4, -0.2) is 47.3 Å². The summed E-state index contributed by atoms with van der Waals surface area (Å²) in [4.78, 5) is 24.3. The normalized spacial score (nSPS) is 10.1. The van der Waals surface area contributed by atoms with Crippen molar-refractivity contribution in [2.24, 2.45) is 0 Å². The van der Waals surface area contributed by atoms with Crippen molar-refractivity contribution in [2.45, 2.75) is 25.8 Å². The standard InChI is InChI=1S/C12H19N3O3/c1-14(8-3-5-12(17)18-2)11(16)6-10-15-9-4-7-13-15/h4,7,9H,3,5-6,8,10H2,1-2H3. The fourth-order valence-electron chi connectivity index (χ4n) is 1.52. The minimum absolute atomic E-state index is 0.0513. The van der Waals surface area contributed by atoms with Crippen LogP contribution in [0.25, 0.3) is 0 Å². The van der Waals surface area contributed by atoms with Crippen LogP contribution in [0, 0.1) is 0 Å². The van der Waals surface area contributed by atoms with E-state index in [9.17, 15) is 9.59 Å². The Bertz CT molecular complexity index is 376. The summed E-state index contributed by atoms with van der Waals surface area (Å²) < 4.78 is 6.26. The van der Waals surface area contributed by atoms with Gasteiger partial charge in [0.05, 0.1) is 7.11 Å². The van der Waals surface area contributed by atoms with E-state index in [-0.39, 0.29) is 11.9 Å². The van der Waals surface area contributed by atoms with Gasteiger partial charge < -0.3 is 9.64 Å². The molecule has 0 spiro atoms. The molecule has 0 aliphatic heterocycles. The lowest BCUT2D eigenvalue weighted by atomic mass is 10.3. The van der Waals surface area contributed by atoms with Crippen LogP contribution >= 0.6 is 0 Å². The molecule has 0 aliphatic carbocycles. The molecule has 100 valence electrons. The number of aryl methyl sites for hydroxylation is 1. The van der Waals surface area contributed by atoms with Crippen LogP contribution in [0.3, 0.4) is 0 Å². The highest BCUT2D eigenvalue weighted by Crippen LogP contribution is 1.99. The number of aromatic nitrogens is 2. The summed E-state index contributed by atoms with van der Waals surface area (Å²) in [6.45, 7) is 1.14. The Kier molecular flexibility index (Phi) is 5.90. The second kappa shape index (κ2) is 7.47. The van der Waals surface area contributed by atoms with Gasteiger partial charge in [0.15, 0.2) is 0 Å². The molecule has 1 aromatic heterocycles. The molecule has 0 saturated heterocycles. The predicted octanol–water partition coefficient (Wildman–Crippen LogP) is 0.685. The molecule has 0 radical (unpaired) electrons. The van der Waals surface area contributed by atoms with Gasteiger partial charge in [0.25, 0.3) is 0 Å². The van der Waals surface area contributed by atoms with Gasteiger partial charge in [0, 0.05) is 45.4 Å². The second-order valence-corrected chi connectivity index (χ2v) is 4.01. The van der Waals surface area contributed by atoms with E-state index in [4.69, 9.17) is 0 Å². The Morgan fingerprint density at radius 1 is 1.39 bits per heavy atom. The molecular formula is C12H19N3O3. The number of ether oxygens (including phenoxy) is 1. The number of hydrogen-bond donors (Lipinski definition) is 0. The molecule has 0 aromatic carbocycles. The summed E-state index contributed by atoms with van der Waals surface area (Å²) in [5.41, 5.74) is 0. The number of esters is 1. The van der Waals surface area contributed by atoms with Crippen LogP contribution in [0.1, 0.15) is 19.3 Å². The summed E-state index contributed by atoms with van der Waals surface area (Å²) in [5.74, 6) is -0.192. The van der Waals surface area contributed by atoms with Crippen LogP contribution in [0.2, 0.25) is 0 Å². The van der Waals surface area contributed by atoms with E-state index in [1.807, 2.05) is 12.3 Å². The average molecular weight is 253 g/mol. The number of hydrogen-bond acceptors (Lipinski definition) is 4. The minimum atomic E-state index is -0.243. The number of nitrogens with zero attached hydrogens (tertiary/aromatic N) is 3. The Labute approximate surface area is 107 Å². The molecular weight excluding hydrogens is 234 g/mol. The molecule has 1 aromatic rings. The van der Waals surface area contributed by atoms with Gasteiger partial charge in [0.2, 0.25) is 5.91 Å². The predicted molar refractivity (Wildman–Crippen MR) is 65.7 cm³/mol. The highest BCUT2D eigenvalue weighted by atomic mass is 16.5. The monoisotopic (exact) mass is 253 g/mol. The van der Waals surface area contributed by atoms with Gasteiger partial charge in [-0.05, 0) is 12.5 Å². The second-order valence-electron chi connectivity index (χ2n) is 4.01. The zero-order valence-corrected chi connectivity index (χ0v) is 10.8. The smallest absolute Gasteiger partial charge is 0.305 e. The third-order valence-corrected chi connectivity index (χ3v) is 2.64. The largest absolute Gasteiger partial charge is 0.469 e. The molecule has 0 fully saturated rings. The van der Waals surface area contributed by atoms with E-state index < -0.39 is 0 Å². The Balaban J connectivity index is 2.18. The van der Waals surface area contributed by atoms with Crippen molar-refractivity contribution in [3.8, 4) is 0 Å². The van der Waals surface area contributed by atoms with Crippen molar-refractivity contribution in [2.75, 3.05) is 20.7 Å². The molecule has 18 heavy (non-hydrogen) atoms. The zero-order chi connectivity index (χ0) is 13.4. The van der Waals surface area contributed by atoms with Crippen molar-refractivity contribution in [3.05, 3.63) is 18.5 Å². The molecule has 1 amide bonds. The maximum Gasteiger partial charge on any atom is 0.305 e. The van der Waals surface area contributed by atoms with Gasteiger partial charge in [-0.25, -0.2) is 0 Å². The quantitative estimate of drug-likeness (QED) is 0.670. The van der Waals surface area contributed by atoms with Crippen molar-refractivity contribution in [1.29, 1.82) is 0 Å². The van der Waals surface area contributed by atoms with Crippen molar-refractivity contribution >= 4 is 11.9 Å². The van der Waals surface area contributed by atoms with E-state index in [0.717, 1.165) is 0 Å². The third-order valence-electron chi connectivity index (χ3n) is 2.64. The van der Waals surface area contributed by atoms with E-state index >= 15 is 0 Å². The highest BCUT2D eigenvalue weighted by molar-refractivity contribution is 5.75. The lowest BCUT2D eigenvalue weighted by Gasteiger charge is -2.16. The molecule has 6 nitrogen and oxygen atoms in total. The lowest BCUT2D eigenvalue weighted by molar-refractivity contribution is -0.141. The van der Waals surface area contributed by atoms with Gasteiger partial charge >= 0.3 is 5.97 Å². The maximum atomic E-state index is 11.8. The summed E-state index contributed by atoms with van der Waals surface area (Å²) in [6.07, 6.45) is 4.88. The fourth-order valence-corrected chi connectivity index (χ4v) is 1.52. The van der Waals surface area contributed by atoms with Gasteiger partial charge in [-0.15, -0.1) is 0 Å². The maximum absolute atomic E-state index is 11.8. The lowest BCUT2D eigenvalue weighted by Crippen LogP contribution is -2.29. The van der Waals surface area contributed by atoms with E-state index in [2.05, 4.69) is 9.84 Å². The minimum Gasteiger partial charge on any atom is -0.469 e. The van der Waals surface area contributed by atoms with Crippen molar-refractivity contribution in [3.63, 3.8) is 0 Å². The fraction of sp³-hybridized carbons (Fsp3) is 0.583. The van der Waals surface area contributed by atoms with E-state index in [1.165, 1.54) is 7.11 Å². The molecule has 0 unspecified atom stereocenters. The molecule has 0 bridgehead atoms. The molecule has 0 atom stereocenters. The first kappa shape index (κ1) is 14.2. The summed E-state index contributed by atoms with van der Waals surface area (Å²) in [6, 6.07) is 1.82. The molecule has 0 aliphatic rings. The van der Waals surface area contributed by atoms with Crippen LogP contribution in [0.15, 0.2) is 18.5 Å². The number of methoxy groups -OCH3 is 1. The van der Waals surface area contributed by atoms with Gasteiger partial charge in [-0.3, -0.25) is 14.3 Å². The molecule has 0 saturated carbocycles. The Morgan fingerprint density at radius 3 is 2.78 bits per heavy atom. The molecule has 1 heterocycles. The number of carbonyl (C=O) groups excluding carboxylic acids is 2. The van der Waals surface area contributed by atoms with Crippen LogP contribution in [-0.2, 0) is 20.9 Å². The number of amides is 1. The first-order valence-electron chi connectivity index (χ1n) is 5.91. The van der Waals surface area contributed by atoms with Gasteiger partial charge in [-0.1, -0.05) is 0 Å². The SMILES string of the molecule is COC(=O)CCCN(C)C(=O)CCn1cccn1. The van der Waals surface area contributed by atoms with E-state index in [1.54, 1.807) is 22.8 Å². The van der Waals surface area contributed by atoms with Crippen LogP contribution in [0.5, 0.6) is 0 Å². The third kappa shape index (κ3) is 4.99. The van der Waals surface area contributed by atoms with E-state index in [0.29, 0.717) is 32.4 Å². The van der Waals surface area contributed by atoms with Gasteiger partial charge in [-0.2, -0.15) is 5.10 Å². The zero-order valence-electron chi connectivity index (χ0n) is 10.8. The first-order chi connectivity index (χ1) is 8.63.